The molecule has 0 spiro atoms. The van der Waals surface area contributed by atoms with Crippen molar-refractivity contribution in [1.82, 2.24) is 5.16 Å². The maximum absolute atomic E-state index is 12.2. The van der Waals surface area contributed by atoms with Crippen LogP contribution in [0.15, 0.2) is 71.3 Å². The number of carbonyl (C=O) groups excluding carboxylic acids is 1. The zero-order valence-electron chi connectivity index (χ0n) is 12.3. The molecule has 0 unspecified atom stereocenters. The first kappa shape index (κ1) is 14.8. The van der Waals surface area contributed by atoms with Crippen LogP contribution in [0.1, 0.15) is 23.0 Å². The summed E-state index contributed by atoms with van der Waals surface area (Å²) < 4.78 is 10.5. The number of benzene rings is 2. The molecule has 3 rings (SSSR count). The monoisotopic (exact) mass is 309 g/mol. The molecular formula is C18H15NO4. The van der Waals surface area contributed by atoms with E-state index >= 15 is 0 Å². The molecule has 1 N–H and O–H groups in total. The van der Waals surface area contributed by atoms with Crippen LogP contribution in [-0.2, 0) is 16.0 Å². The zero-order chi connectivity index (χ0) is 16.1. The lowest BCUT2D eigenvalue weighted by Gasteiger charge is -2.18. The quantitative estimate of drug-likeness (QED) is 0.732. The van der Waals surface area contributed by atoms with E-state index in [4.69, 9.17) is 14.4 Å². The van der Waals surface area contributed by atoms with Crippen molar-refractivity contribution >= 4 is 5.97 Å². The molecule has 23 heavy (non-hydrogen) atoms. The molecule has 5 nitrogen and oxygen atoms in total. The van der Waals surface area contributed by atoms with Gasteiger partial charge in [0.15, 0.2) is 11.9 Å². The highest BCUT2D eigenvalue weighted by Gasteiger charge is 2.20. The Morgan fingerprint density at radius 3 is 2.09 bits per heavy atom. The fraction of sp³-hybridized carbons (Fsp3) is 0.111. The second-order valence-electron chi connectivity index (χ2n) is 5.02. The topological polar surface area (TPSA) is 72.6 Å². The number of rotatable bonds is 5. The second kappa shape index (κ2) is 6.79. The summed E-state index contributed by atoms with van der Waals surface area (Å²) in [5.41, 5.74) is 1.76. The van der Waals surface area contributed by atoms with Crippen LogP contribution in [-0.4, -0.2) is 16.2 Å². The maximum atomic E-state index is 12.2. The van der Waals surface area contributed by atoms with Gasteiger partial charge in [-0.1, -0.05) is 60.7 Å². The van der Waals surface area contributed by atoms with Gasteiger partial charge in [0.1, 0.15) is 6.42 Å². The van der Waals surface area contributed by atoms with Crippen molar-refractivity contribution in [2.45, 2.75) is 12.5 Å². The molecule has 1 aromatic heterocycles. The Morgan fingerprint density at radius 1 is 1.04 bits per heavy atom. The van der Waals surface area contributed by atoms with Crippen molar-refractivity contribution in [1.29, 1.82) is 0 Å². The summed E-state index contributed by atoms with van der Waals surface area (Å²) in [4.78, 5) is 12.2. The van der Waals surface area contributed by atoms with Crippen LogP contribution in [0.4, 0.5) is 0 Å². The number of aromatic hydroxyl groups is 1. The highest BCUT2D eigenvalue weighted by atomic mass is 16.5. The molecule has 3 aromatic rings. The summed E-state index contributed by atoms with van der Waals surface area (Å²) >= 11 is 0. The largest absolute Gasteiger partial charge is 0.491 e. The number of carbonyl (C=O) groups is 1. The van der Waals surface area contributed by atoms with Crippen LogP contribution in [0, 0.1) is 0 Å². The molecule has 0 radical (unpaired) electrons. The van der Waals surface area contributed by atoms with E-state index in [0.717, 1.165) is 11.1 Å². The number of hydrogen-bond donors (Lipinski definition) is 1. The Morgan fingerprint density at radius 2 is 1.61 bits per heavy atom. The van der Waals surface area contributed by atoms with Crippen molar-refractivity contribution in [2.24, 2.45) is 0 Å². The van der Waals surface area contributed by atoms with Crippen molar-refractivity contribution in [2.75, 3.05) is 0 Å². The minimum atomic E-state index is -0.499. The first-order valence-corrected chi connectivity index (χ1v) is 7.16. The lowest BCUT2D eigenvalue weighted by atomic mass is 10.0. The molecule has 2 aromatic carbocycles. The van der Waals surface area contributed by atoms with E-state index in [2.05, 4.69) is 5.16 Å². The van der Waals surface area contributed by atoms with Gasteiger partial charge in [0.25, 0.3) is 5.88 Å². The van der Waals surface area contributed by atoms with Crippen molar-refractivity contribution < 1.29 is 19.2 Å². The standard InChI is InChI=1S/C18H15NO4/c20-16-11-15(23-19-16)12-17(21)22-18(13-7-3-1-4-8-13)14-9-5-2-6-10-14/h1-11,18H,12H2,(H,19,20). The van der Waals surface area contributed by atoms with Gasteiger partial charge in [0.05, 0.1) is 0 Å². The summed E-state index contributed by atoms with van der Waals surface area (Å²) in [6.45, 7) is 0. The molecular weight excluding hydrogens is 294 g/mol. The Kier molecular flexibility index (Phi) is 4.38. The maximum Gasteiger partial charge on any atom is 0.314 e. The SMILES string of the molecule is O=C(Cc1cc(O)no1)OC(c1ccccc1)c1ccccc1. The Labute approximate surface area is 133 Å². The van der Waals surface area contributed by atoms with E-state index in [0.29, 0.717) is 0 Å². The summed E-state index contributed by atoms with van der Waals surface area (Å²) in [5, 5.41) is 12.5. The third kappa shape index (κ3) is 3.77. The van der Waals surface area contributed by atoms with Gasteiger partial charge in [-0.05, 0) is 16.3 Å². The van der Waals surface area contributed by atoms with Gasteiger partial charge in [-0.2, -0.15) is 0 Å². The lowest BCUT2D eigenvalue weighted by molar-refractivity contribution is -0.147. The molecule has 0 fully saturated rings. The number of ether oxygens (including phenoxy) is 1. The van der Waals surface area contributed by atoms with Gasteiger partial charge in [-0.3, -0.25) is 4.79 Å². The van der Waals surface area contributed by atoms with Crippen LogP contribution in [0.2, 0.25) is 0 Å². The molecule has 0 saturated carbocycles. The van der Waals surface area contributed by atoms with Gasteiger partial charge in [0, 0.05) is 6.07 Å². The third-order valence-corrected chi connectivity index (χ3v) is 3.32. The average Bonchev–Trinajstić information content (AvgIpc) is 2.99. The molecule has 1 heterocycles. The predicted molar refractivity (Wildman–Crippen MR) is 82.7 cm³/mol. The highest BCUT2D eigenvalue weighted by molar-refractivity contribution is 5.72. The predicted octanol–water partition coefficient (Wildman–Crippen LogP) is 3.26. The van der Waals surface area contributed by atoms with Crippen LogP contribution in [0.5, 0.6) is 5.88 Å². The smallest absolute Gasteiger partial charge is 0.314 e. The fourth-order valence-corrected chi connectivity index (χ4v) is 2.28. The Bertz CT molecular complexity index is 728. The molecule has 0 saturated heterocycles. The summed E-state index contributed by atoms with van der Waals surface area (Å²) in [6.07, 6.45) is -0.592. The van der Waals surface area contributed by atoms with E-state index < -0.39 is 12.1 Å². The first-order chi connectivity index (χ1) is 11.2. The molecule has 5 heteroatoms. The van der Waals surface area contributed by atoms with E-state index in [-0.39, 0.29) is 18.1 Å². The summed E-state index contributed by atoms with van der Waals surface area (Å²) in [6, 6.07) is 20.3. The van der Waals surface area contributed by atoms with Crippen molar-refractivity contribution in [3.63, 3.8) is 0 Å². The molecule has 0 amide bonds. The summed E-state index contributed by atoms with van der Waals surface area (Å²) in [5.74, 6) is -0.457. The first-order valence-electron chi connectivity index (χ1n) is 7.16. The minimum absolute atomic E-state index is 0.0935. The number of aromatic nitrogens is 1. The van der Waals surface area contributed by atoms with E-state index in [1.54, 1.807) is 0 Å². The van der Waals surface area contributed by atoms with Crippen LogP contribution in [0.3, 0.4) is 0 Å². The molecule has 0 aliphatic carbocycles. The van der Waals surface area contributed by atoms with Crippen molar-refractivity contribution in [3.05, 3.63) is 83.6 Å². The molecule has 0 aliphatic heterocycles. The van der Waals surface area contributed by atoms with Gasteiger partial charge < -0.3 is 14.4 Å². The molecule has 0 atom stereocenters. The van der Waals surface area contributed by atoms with Gasteiger partial charge >= 0.3 is 5.97 Å². The highest BCUT2D eigenvalue weighted by Crippen LogP contribution is 2.26. The van der Waals surface area contributed by atoms with Gasteiger partial charge in [-0.25, -0.2) is 0 Å². The van der Waals surface area contributed by atoms with Gasteiger partial charge in [0.2, 0.25) is 0 Å². The van der Waals surface area contributed by atoms with E-state index in [9.17, 15) is 4.79 Å². The van der Waals surface area contributed by atoms with Crippen molar-refractivity contribution in [3.8, 4) is 5.88 Å². The Hall–Kier alpha value is -3.08. The third-order valence-electron chi connectivity index (χ3n) is 3.32. The molecule has 0 aliphatic rings. The lowest BCUT2D eigenvalue weighted by Crippen LogP contribution is -2.14. The van der Waals surface area contributed by atoms with Crippen LogP contribution in [0.25, 0.3) is 0 Å². The molecule has 0 bridgehead atoms. The van der Waals surface area contributed by atoms with E-state index in [1.807, 2.05) is 60.7 Å². The number of esters is 1. The van der Waals surface area contributed by atoms with Crippen LogP contribution >= 0.6 is 0 Å². The number of hydrogen-bond acceptors (Lipinski definition) is 5. The minimum Gasteiger partial charge on any atom is -0.491 e. The normalized spacial score (nSPS) is 10.7. The fourth-order valence-electron chi connectivity index (χ4n) is 2.28. The number of nitrogens with zero attached hydrogens (tertiary/aromatic N) is 1. The average molecular weight is 309 g/mol. The van der Waals surface area contributed by atoms with Crippen LogP contribution < -0.4 is 0 Å². The van der Waals surface area contributed by atoms with Gasteiger partial charge in [-0.15, -0.1) is 0 Å². The summed E-state index contributed by atoms with van der Waals surface area (Å²) in [7, 11) is 0. The molecule has 116 valence electrons. The van der Waals surface area contributed by atoms with E-state index in [1.165, 1.54) is 6.07 Å². The zero-order valence-corrected chi connectivity index (χ0v) is 12.3. The Balaban J connectivity index is 1.80. The second-order valence-corrected chi connectivity index (χ2v) is 5.02.